The molecule has 0 heterocycles. The summed E-state index contributed by atoms with van der Waals surface area (Å²) >= 11 is 0. The fourth-order valence-electron chi connectivity index (χ4n) is 2.33. The third-order valence-electron chi connectivity index (χ3n) is 3.66. The molecular weight excluding hydrogens is 358 g/mol. The number of nitrogens with one attached hydrogen (secondary N) is 2. The number of carbonyl (C=O) groups excluding carboxylic acids is 2. The number of carbonyl (C=O) groups is 2. The number of amides is 2. The van der Waals surface area contributed by atoms with E-state index in [0.29, 0.717) is 22.7 Å². The van der Waals surface area contributed by atoms with Crippen LogP contribution in [0.2, 0.25) is 0 Å². The van der Waals surface area contributed by atoms with E-state index in [4.69, 9.17) is 15.9 Å². The average molecular weight is 379 g/mol. The predicted molar refractivity (Wildman–Crippen MR) is 107 cm³/mol. The zero-order chi connectivity index (χ0) is 20.4. The van der Waals surface area contributed by atoms with Crippen molar-refractivity contribution in [2.24, 2.45) is 5.10 Å². The molecule has 0 unspecified atom stereocenters. The number of terminal acetylenes is 1. The van der Waals surface area contributed by atoms with Crippen molar-refractivity contribution in [2.75, 3.05) is 19.0 Å². The molecule has 7 nitrogen and oxygen atoms in total. The summed E-state index contributed by atoms with van der Waals surface area (Å²) < 4.78 is 10.7. The van der Waals surface area contributed by atoms with E-state index < -0.39 is 11.8 Å². The topological polar surface area (TPSA) is 89.0 Å². The van der Waals surface area contributed by atoms with Gasteiger partial charge in [0.05, 0.1) is 13.3 Å². The second kappa shape index (κ2) is 10.4. The minimum Gasteiger partial charge on any atom is -0.493 e. The van der Waals surface area contributed by atoms with Crippen molar-refractivity contribution >= 4 is 23.7 Å². The monoisotopic (exact) mass is 379 g/mol. The Morgan fingerprint density at radius 1 is 1.18 bits per heavy atom. The van der Waals surface area contributed by atoms with Crippen LogP contribution < -0.4 is 20.2 Å². The summed E-state index contributed by atoms with van der Waals surface area (Å²) in [5.41, 5.74) is 4.46. The highest BCUT2D eigenvalue weighted by Gasteiger charge is 2.11. The van der Waals surface area contributed by atoms with Crippen LogP contribution in [0, 0.1) is 19.3 Å². The molecule has 7 heteroatoms. The number of hydrogen-bond donors (Lipinski definition) is 2. The number of methoxy groups -OCH3 is 1. The van der Waals surface area contributed by atoms with Gasteiger partial charge in [0.15, 0.2) is 11.5 Å². The Hall–Kier alpha value is -3.79. The Morgan fingerprint density at radius 3 is 2.68 bits per heavy atom. The summed E-state index contributed by atoms with van der Waals surface area (Å²) in [6, 6.07) is 12.5. The Bertz CT molecular complexity index is 916. The first kappa shape index (κ1) is 20.5. The molecule has 2 N–H and O–H groups in total. The van der Waals surface area contributed by atoms with Crippen LogP contribution in [0.15, 0.2) is 47.6 Å². The first-order chi connectivity index (χ1) is 13.5. The highest BCUT2D eigenvalue weighted by Crippen LogP contribution is 2.29. The molecule has 0 saturated carbocycles. The van der Waals surface area contributed by atoms with Gasteiger partial charge in [-0.15, -0.1) is 6.42 Å². The van der Waals surface area contributed by atoms with E-state index in [0.717, 1.165) is 5.56 Å². The summed E-state index contributed by atoms with van der Waals surface area (Å²) in [6.45, 7) is 1.93. The highest BCUT2D eigenvalue weighted by atomic mass is 16.5. The first-order valence-electron chi connectivity index (χ1n) is 8.45. The van der Waals surface area contributed by atoms with Crippen molar-refractivity contribution in [3.63, 3.8) is 0 Å². The molecule has 144 valence electrons. The second-order valence-electron chi connectivity index (χ2n) is 5.70. The lowest BCUT2D eigenvalue weighted by atomic mass is 10.2. The van der Waals surface area contributed by atoms with Crippen molar-refractivity contribution in [2.45, 2.75) is 13.3 Å². The number of hydrogen-bond acceptors (Lipinski definition) is 5. The number of aryl methyl sites for hydroxylation is 1. The number of benzene rings is 2. The standard InChI is InChI=1S/C21H21N3O4/c1-4-12-28-21-16(9-7-11-18(21)27-3)14-22-24-20(26)13-19(25)23-17-10-6-5-8-15(17)2/h1,5-11,14H,12-13H2,2-3H3,(H,23,25)(H,24,26). The van der Waals surface area contributed by atoms with E-state index in [1.165, 1.54) is 13.3 Å². The van der Waals surface area contributed by atoms with Crippen LogP contribution in [0.25, 0.3) is 0 Å². The number of anilines is 1. The quantitative estimate of drug-likeness (QED) is 0.319. The van der Waals surface area contributed by atoms with Crippen LogP contribution in [-0.2, 0) is 9.59 Å². The molecule has 28 heavy (non-hydrogen) atoms. The van der Waals surface area contributed by atoms with E-state index in [-0.39, 0.29) is 13.0 Å². The molecule has 0 atom stereocenters. The smallest absolute Gasteiger partial charge is 0.249 e. The van der Waals surface area contributed by atoms with Crippen LogP contribution in [-0.4, -0.2) is 31.7 Å². The number of nitrogens with zero attached hydrogens (tertiary/aromatic N) is 1. The van der Waals surface area contributed by atoms with Crippen LogP contribution in [0.3, 0.4) is 0 Å². The van der Waals surface area contributed by atoms with Gasteiger partial charge in [-0.3, -0.25) is 9.59 Å². The maximum atomic E-state index is 12.0. The Kier molecular flexibility index (Phi) is 7.61. The maximum absolute atomic E-state index is 12.0. The molecule has 0 spiro atoms. The summed E-state index contributed by atoms with van der Waals surface area (Å²) in [4.78, 5) is 23.9. The summed E-state index contributed by atoms with van der Waals surface area (Å²) in [7, 11) is 1.51. The van der Waals surface area contributed by atoms with E-state index in [1.54, 1.807) is 30.3 Å². The third kappa shape index (κ3) is 5.88. The number of ether oxygens (including phenoxy) is 2. The minimum atomic E-state index is -0.545. The maximum Gasteiger partial charge on any atom is 0.249 e. The fourth-order valence-corrected chi connectivity index (χ4v) is 2.33. The Labute approximate surface area is 163 Å². The van der Waals surface area contributed by atoms with Crippen molar-refractivity contribution in [1.29, 1.82) is 0 Å². The van der Waals surface area contributed by atoms with Gasteiger partial charge in [0.25, 0.3) is 0 Å². The minimum absolute atomic E-state index is 0.0621. The molecule has 0 aliphatic rings. The van der Waals surface area contributed by atoms with E-state index in [1.807, 2.05) is 19.1 Å². The van der Waals surface area contributed by atoms with Gasteiger partial charge in [-0.25, -0.2) is 5.43 Å². The average Bonchev–Trinajstić information content (AvgIpc) is 2.68. The van der Waals surface area contributed by atoms with Crippen LogP contribution in [0.4, 0.5) is 5.69 Å². The lowest BCUT2D eigenvalue weighted by Gasteiger charge is -2.11. The van der Waals surface area contributed by atoms with E-state index in [2.05, 4.69) is 21.8 Å². The molecule has 0 saturated heterocycles. The molecule has 0 aliphatic carbocycles. The molecule has 2 aromatic carbocycles. The summed E-state index contributed by atoms with van der Waals surface area (Å²) in [6.07, 6.45) is 6.26. The van der Waals surface area contributed by atoms with Gasteiger partial charge in [-0.2, -0.15) is 5.10 Å². The second-order valence-corrected chi connectivity index (χ2v) is 5.70. The van der Waals surface area contributed by atoms with Crippen LogP contribution in [0.5, 0.6) is 11.5 Å². The lowest BCUT2D eigenvalue weighted by molar-refractivity contribution is -0.126. The molecule has 0 aromatic heterocycles. The van der Waals surface area contributed by atoms with Crippen molar-refractivity contribution in [1.82, 2.24) is 5.43 Å². The first-order valence-corrected chi connectivity index (χ1v) is 8.45. The third-order valence-corrected chi connectivity index (χ3v) is 3.66. The fraction of sp³-hybridized carbons (Fsp3) is 0.190. The normalized spacial score (nSPS) is 10.2. The van der Waals surface area contributed by atoms with Gasteiger partial charge in [-0.05, 0) is 30.7 Å². The van der Waals surface area contributed by atoms with Crippen molar-refractivity contribution < 1.29 is 19.1 Å². The molecule has 0 bridgehead atoms. The van der Waals surface area contributed by atoms with Gasteiger partial charge in [-0.1, -0.05) is 30.2 Å². The largest absolute Gasteiger partial charge is 0.493 e. The van der Waals surface area contributed by atoms with Gasteiger partial charge in [0.2, 0.25) is 11.8 Å². The molecule has 2 aromatic rings. The van der Waals surface area contributed by atoms with E-state index >= 15 is 0 Å². The van der Waals surface area contributed by atoms with Gasteiger partial charge >= 0.3 is 0 Å². The molecular formula is C21H21N3O4. The van der Waals surface area contributed by atoms with Gasteiger partial charge in [0, 0.05) is 11.3 Å². The van der Waals surface area contributed by atoms with Crippen LogP contribution in [0.1, 0.15) is 17.5 Å². The van der Waals surface area contributed by atoms with Crippen LogP contribution >= 0.6 is 0 Å². The number of hydrazone groups is 1. The zero-order valence-corrected chi connectivity index (χ0v) is 15.7. The Morgan fingerprint density at radius 2 is 1.96 bits per heavy atom. The molecule has 2 rings (SSSR count). The molecule has 2 amide bonds. The lowest BCUT2D eigenvalue weighted by Crippen LogP contribution is -2.24. The van der Waals surface area contributed by atoms with Crippen molar-refractivity contribution in [3.05, 3.63) is 53.6 Å². The molecule has 0 fully saturated rings. The summed E-state index contributed by atoms with van der Waals surface area (Å²) in [5, 5.41) is 6.56. The SMILES string of the molecule is C#CCOc1c(C=NNC(=O)CC(=O)Nc2ccccc2C)cccc1OC. The van der Waals surface area contributed by atoms with Gasteiger partial charge < -0.3 is 14.8 Å². The zero-order valence-electron chi connectivity index (χ0n) is 15.7. The summed E-state index contributed by atoms with van der Waals surface area (Å²) in [5.74, 6) is 2.31. The predicted octanol–water partition coefficient (Wildman–Crippen LogP) is 2.49. The molecule has 0 radical (unpaired) electrons. The number of rotatable bonds is 8. The van der Waals surface area contributed by atoms with E-state index in [9.17, 15) is 9.59 Å². The number of para-hydroxylation sites is 2. The van der Waals surface area contributed by atoms with Gasteiger partial charge in [0.1, 0.15) is 13.0 Å². The highest BCUT2D eigenvalue weighted by molar-refractivity contribution is 6.04. The molecule has 0 aliphatic heterocycles. The van der Waals surface area contributed by atoms with Crippen molar-refractivity contribution in [3.8, 4) is 23.8 Å². The Balaban J connectivity index is 1.95.